The Bertz CT molecular complexity index is 1110. The largest absolute Gasteiger partial charge is 0.484 e. The number of nitrogens with zero attached hydrogens (tertiary/aromatic N) is 1. The van der Waals surface area contributed by atoms with Gasteiger partial charge >= 0.3 is 17.8 Å². The Morgan fingerprint density at radius 3 is 2.71 bits per heavy atom. The molecule has 3 amide bonds. The summed E-state index contributed by atoms with van der Waals surface area (Å²) in [4.78, 5) is 49.2. The number of esters is 1. The van der Waals surface area contributed by atoms with E-state index in [0.29, 0.717) is 21.9 Å². The predicted molar refractivity (Wildman–Crippen MR) is 127 cm³/mol. The van der Waals surface area contributed by atoms with Crippen LogP contribution in [0.5, 0.6) is 5.75 Å². The summed E-state index contributed by atoms with van der Waals surface area (Å²) in [5, 5.41) is 6.64. The molecule has 0 saturated heterocycles. The van der Waals surface area contributed by atoms with Gasteiger partial charge < -0.3 is 20.5 Å². The average Bonchev–Trinajstić information content (AvgIpc) is 2.98. The van der Waals surface area contributed by atoms with Crippen molar-refractivity contribution in [3.8, 4) is 5.75 Å². The molecule has 10 nitrogen and oxygen atoms in total. The summed E-state index contributed by atoms with van der Waals surface area (Å²) in [6, 6.07) is 6.58. The molecular weight excluding hydrogens is 460 g/mol. The first-order valence-electron chi connectivity index (χ1n) is 10.9. The number of hydrogen-bond acceptors (Lipinski definition) is 8. The second kappa shape index (κ2) is 11.9. The lowest BCUT2D eigenvalue weighted by atomic mass is 10.1. The lowest BCUT2D eigenvalue weighted by molar-refractivity contribution is -0.136. The smallest absolute Gasteiger partial charge is 0.341 e. The van der Waals surface area contributed by atoms with Gasteiger partial charge in [-0.15, -0.1) is 11.3 Å². The van der Waals surface area contributed by atoms with Crippen LogP contribution < -0.4 is 21.2 Å². The van der Waals surface area contributed by atoms with Crippen LogP contribution in [0.25, 0.3) is 0 Å². The van der Waals surface area contributed by atoms with Crippen LogP contribution in [0.15, 0.2) is 29.4 Å². The Hall–Kier alpha value is -3.73. The minimum Gasteiger partial charge on any atom is -0.484 e. The maximum absolute atomic E-state index is 12.6. The van der Waals surface area contributed by atoms with Gasteiger partial charge in [-0.3, -0.25) is 14.4 Å². The monoisotopic (exact) mass is 486 g/mol. The molecule has 0 saturated carbocycles. The summed E-state index contributed by atoms with van der Waals surface area (Å²) in [5.41, 5.74) is 9.00. The number of amides is 3. The van der Waals surface area contributed by atoms with Crippen molar-refractivity contribution in [3.05, 3.63) is 45.8 Å². The van der Waals surface area contributed by atoms with Crippen LogP contribution in [-0.2, 0) is 32.0 Å². The van der Waals surface area contributed by atoms with Gasteiger partial charge in [-0.25, -0.2) is 10.2 Å². The Labute approximate surface area is 200 Å². The first kappa shape index (κ1) is 24.9. The molecule has 1 heterocycles. The lowest BCUT2D eigenvalue weighted by Crippen LogP contribution is -2.32. The summed E-state index contributed by atoms with van der Waals surface area (Å²) < 4.78 is 10.4. The van der Waals surface area contributed by atoms with Crippen molar-refractivity contribution < 1.29 is 28.7 Å². The van der Waals surface area contributed by atoms with E-state index >= 15 is 0 Å². The second-order valence-electron chi connectivity index (χ2n) is 7.47. The lowest BCUT2D eigenvalue weighted by Gasteiger charge is -2.08. The van der Waals surface area contributed by atoms with Crippen LogP contribution in [0.4, 0.5) is 5.00 Å². The summed E-state index contributed by atoms with van der Waals surface area (Å²) in [6.45, 7) is 1.66. The topological polar surface area (TPSA) is 149 Å². The molecule has 0 aliphatic heterocycles. The van der Waals surface area contributed by atoms with Gasteiger partial charge in [-0.2, -0.15) is 5.10 Å². The van der Waals surface area contributed by atoms with Gasteiger partial charge in [-0.05, 0) is 55.9 Å². The van der Waals surface area contributed by atoms with Crippen LogP contribution in [0, 0.1) is 0 Å². The van der Waals surface area contributed by atoms with Crippen molar-refractivity contribution in [2.45, 2.75) is 39.0 Å². The fraction of sp³-hybridized carbons (Fsp3) is 0.348. The van der Waals surface area contributed by atoms with Crippen molar-refractivity contribution in [1.82, 2.24) is 5.43 Å². The molecule has 11 heteroatoms. The normalized spacial score (nSPS) is 13.0. The molecule has 1 aromatic carbocycles. The molecule has 0 unspecified atom stereocenters. The SMILES string of the molecule is CCOC(=O)c1c(NC(=O)C(=O)N/N=C/c2cccc(OCC(N)=O)c2)sc2c1CCCCC2. The van der Waals surface area contributed by atoms with Gasteiger partial charge in [0, 0.05) is 4.88 Å². The first-order valence-corrected chi connectivity index (χ1v) is 11.7. The number of ether oxygens (including phenoxy) is 2. The van der Waals surface area contributed by atoms with E-state index in [2.05, 4.69) is 15.8 Å². The molecular formula is C23H26N4O6S. The molecule has 3 rings (SSSR count). The van der Waals surface area contributed by atoms with Gasteiger partial charge in [0.1, 0.15) is 10.8 Å². The van der Waals surface area contributed by atoms with Crippen LogP contribution in [0.2, 0.25) is 0 Å². The third kappa shape index (κ3) is 6.64. The maximum atomic E-state index is 12.6. The van der Waals surface area contributed by atoms with Gasteiger partial charge in [0.2, 0.25) is 0 Å². The highest BCUT2D eigenvalue weighted by Crippen LogP contribution is 2.38. The van der Waals surface area contributed by atoms with Crippen LogP contribution >= 0.6 is 11.3 Å². The quantitative estimate of drug-likeness (QED) is 0.171. The number of hydrogen-bond donors (Lipinski definition) is 3. The number of fused-ring (bicyclic) bond motifs is 1. The molecule has 0 radical (unpaired) electrons. The van der Waals surface area contributed by atoms with E-state index < -0.39 is 23.7 Å². The zero-order chi connectivity index (χ0) is 24.5. The van der Waals surface area contributed by atoms with Gasteiger partial charge in [0.05, 0.1) is 18.4 Å². The fourth-order valence-corrected chi connectivity index (χ4v) is 4.74. The molecule has 0 bridgehead atoms. The van der Waals surface area contributed by atoms with E-state index in [9.17, 15) is 19.2 Å². The fourth-order valence-electron chi connectivity index (χ4n) is 3.47. The molecule has 180 valence electrons. The van der Waals surface area contributed by atoms with Gasteiger partial charge in [-0.1, -0.05) is 18.6 Å². The van der Waals surface area contributed by atoms with Crippen LogP contribution in [-0.4, -0.2) is 43.1 Å². The standard InChI is InChI=1S/C23H26N4O6S/c1-2-32-23(31)19-16-9-4-3-5-10-17(16)34-22(19)26-20(29)21(30)27-25-12-14-7-6-8-15(11-14)33-13-18(24)28/h6-8,11-12H,2-5,9-10,13H2,1H3,(H2,24,28)(H,26,29)(H,27,30)/b25-12+. The molecule has 34 heavy (non-hydrogen) atoms. The van der Waals surface area contributed by atoms with Crippen LogP contribution in [0.3, 0.4) is 0 Å². The van der Waals surface area contributed by atoms with E-state index in [-0.39, 0.29) is 13.2 Å². The number of carbonyl (C=O) groups excluding carboxylic acids is 4. The summed E-state index contributed by atoms with van der Waals surface area (Å²) in [5.74, 6) is -2.65. The minimum absolute atomic E-state index is 0.209. The molecule has 0 atom stereocenters. The number of anilines is 1. The van der Waals surface area contributed by atoms with Crippen molar-refractivity contribution in [3.63, 3.8) is 0 Å². The molecule has 0 spiro atoms. The Balaban J connectivity index is 1.66. The minimum atomic E-state index is -0.990. The first-order chi connectivity index (χ1) is 16.4. The van der Waals surface area contributed by atoms with E-state index in [1.165, 1.54) is 17.6 Å². The molecule has 4 N–H and O–H groups in total. The van der Waals surface area contributed by atoms with Gasteiger partial charge in [0.25, 0.3) is 5.91 Å². The number of primary amides is 1. The molecule has 1 aromatic heterocycles. The summed E-state index contributed by atoms with van der Waals surface area (Å²) in [6.07, 6.45) is 5.90. The number of thiophene rings is 1. The number of hydrazone groups is 1. The molecule has 2 aromatic rings. The predicted octanol–water partition coefficient (Wildman–Crippen LogP) is 2.15. The summed E-state index contributed by atoms with van der Waals surface area (Å²) in [7, 11) is 0. The number of nitrogens with two attached hydrogens (primary N) is 1. The van der Waals surface area contributed by atoms with E-state index in [4.69, 9.17) is 15.2 Å². The highest BCUT2D eigenvalue weighted by molar-refractivity contribution is 7.17. The Morgan fingerprint density at radius 2 is 1.94 bits per heavy atom. The van der Waals surface area contributed by atoms with Crippen molar-refractivity contribution in [1.29, 1.82) is 0 Å². The van der Waals surface area contributed by atoms with Crippen molar-refractivity contribution in [2.75, 3.05) is 18.5 Å². The highest BCUT2D eigenvalue weighted by Gasteiger charge is 2.27. The third-order valence-corrected chi connectivity index (χ3v) is 6.16. The number of aryl methyl sites for hydroxylation is 1. The van der Waals surface area contributed by atoms with E-state index in [1.54, 1.807) is 31.2 Å². The zero-order valence-corrected chi connectivity index (χ0v) is 19.5. The van der Waals surface area contributed by atoms with Crippen molar-refractivity contribution >= 4 is 46.2 Å². The number of benzene rings is 1. The van der Waals surface area contributed by atoms with E-state index in [0.717, 1.165) is 42.5 Å². The summed E-state index contributed by atoms with van der Waals surface area (Å²) >= 11 is 1.31. The maximum Gasteiger partial charge on any atom is 0.341 e. The number of carbonyl (C=O) groups is 4. The second-order valence-corrected chi connectivity index (χ2v) is 8.57. The van der Waals surface area contributed by atoms with Crippen LogP contribution in [0.1, 0.15) is 52.5 Å². The van der Waals surface area contributed by atoms with Gasteiger partial charge in [0.15, 0.2) is 6.61 Å². The average molecular weight is 487 g/mol. The highest BCUT2D eigenvalue weighted by atomic mass is 32.1. The number of rotatable bonds is 8. The molecule has 0 fully saturated rings. The Kier molecular flexibility index (Phi) is 8.74. The third-order valence-electron chi connectivity index (χ3n) is 4.95. The van der Waals surface area contributed by atoms with Crippen molar-refractivity contribution in [2.24, 2.45) is 10.8 Å². The Morgan fingerprint density at radius 1 is 1.15 bits per heavy atom. The zero-order valence-electron chi connectivity index (χ0n) is 18.7. The molecule has 1 aliphatic carbocycles. The van der Waals surface area contributed by atoms with E-state index in [1.807, 2.05) is 0 Å². The number of nitrogens with one attached hydrogen (secondary N) is 2. The molecule has 1 aliphatic rings.